The molecular formula is C15H16ClN. The monoisotopic (exact) mass is 245 g/mol. The van der Waals surface area contributed by atoms with Gasteiger partial charge >= 0.3 is 0 Å². The molecule has 0 spiro atoms. The Morgan fingerprint density at radius 3 is 2.47 bits per heavy atom. The van der Waals surface area contributed by atoms with Gasteiger partial charge in [-0.05, 0) is 6.07 Å². The van der Waals surface area contributed by atoms with E-state index in [9.17, 15) is 0 Å². The second-order valence-corrected chi connectivity index (χ2v) is 3.87. The summed E-state index contributed by atoms with van der Waals surface area (Å²) >= 11 is 0. The van der Waals surface area contributed by atoms with Gasteiger partial charge in [0.1, 0.15) is 0 Å². The molecule has 0 fully saturated rings. The maximum atomic E-state index is 3.83. The van der Waals surface area contributed by atoms with E-state index in [-0.39, 0.29) is 12.4 Å². The van der Waals surface area contributed by atoms with E-state index in [1.54, 1.807) is 0 Å². The van der Waals surface area contributed by atoms with Gasteiger partial charge in [-0.25, -0.2) is 0 Å². The smallest absolute Gasteiger partial charge is 0.185 e. The van der Waals surface area contributed by atoms with Crippen LogP contribution in [0.5, 0.6) is 0 Å². The molecule has 0 aliphatic carbocycles. The van der Waals surface area contributed by atoms with Gasteiger partial charge < -0.3 is 12.4 Å². The van der Waals surface area contributed by atoms with E-state index in [0.717, 1.165) is 6.54 Å². The number of nitrogens with zero attached hydrogens (tertiary/aromatic N) is 1. The molecule has 1 aromatic heterocycles. The fourth-order valence-electron chi connectivity index (χ4n) is 1.82. The number of pyridine rings is 1. The normalized spacial score (nSPS) is 9.47. The molecule has 0 aliphatic rings. The van der Waals surface area contributed by atoms with Crippen LogP contribution in [0.25, 0.3) is 6.08 Å². The first-order chi connectivity index (χ1) is 7.81. The van der Waals surface area contributed by atoms with Crippen molar-refractivity contribution >= 4 is 6.08 Å². The SMILES string of the molecule is C=Cc1ccc[n+](Cc2ccccc2)c1C.[Cl-]. The van der Waals surface area contributed by atoms with Crippen LogP contribution in [0.1, 0.15) is 16.8 Å². The summed E-state index contributed by atoms with van der Waals surface area (Å²) < 4.78 is 2.24. The van der Waals surface area contributed by atoms with Crippen LogP contribution < -0.4 is 17.0 Å². The maximum absolute atomic E-state index is 3.83. The molecule has 88 valence electrons. The zero-order valence-electron chi connectivity index (χ0n) is 9.94. The van der Waals surface area contributed by atoms with Crippen LogP contribution in [0.3, 0.4) is 0 Å². The molecule has 0 amide bonds. The molecule has 2 rings (SSSR count). The van der Waals surface area contributed by atoms with Crippen molar-refractivity contribution in [1.29, 1.82) is 0 Å². The number of rotatable bonds is 3. The number of hydrogen-bond acceptors (Lipinski definition) is 0. The van der Waals surface area contributed by atoms with Gasteiger partial charge in [0.05, 0.1) is 0 Å². The Balaban J connectivity index is 0.00000144. The minimum absolute atomic E-state index is 0. The zero-order valence-corrected chi connectivity index (χ0v) is 10.7. The molecule has 1 heterocycles. The van der Waals surface area contributed by atoms with E-state index in [2.05, 4.69) is 60.7 Å². The Hall–Kier alpha value is -1.60. The van der Waals surface area contributed by atoms with E-state index in [4.69, 9.17) is 0 Å². The second-order valence-electron chi connectivity index (χ2n) is 3.87. The molecule has 0 atom stereocenters. The molecule has 17 heavy (non-hydrogen) atoms. The quantitative estimate of drug-likeness (QED) is 0.670. The number of benzene rings is 1. The lowest BCUT2D eigenvalue weighted by atomic mass is 10.1. The van der Waals surface area contributed by atoms with Crippen LogP contribution in [-0.4, -0.2) is 0 Å². The average molecular weight is 246 g/mol. The van der Waals surface area contributed by atoms with Gasteiger partial charge in [0.25, 0.3) is 0 Å². The molecule has 0 saturated carbocycles. The second kappa shape index (κ2) is 6.21. The molecule has 0 saturated heterocycles. The fraction of sp³-hybridized carbons (Fsp3) is 0.133. The standard InChI is InChI=1S/C15H16N.ClH/c1-3-15-10-7-11-16(13(15)2)12-14-8-5-4-6-9-14;/h3-11H,1,12H2,2H3;1H/q+1;/p-1. The Morgan fingerprint density at radius 1 is 1.12 bits per heavy atom. The van der Waals surface area contributed by atoms with Crippen LogP contribution >= 0.6 is 0 Å². The van der Waals surface area contributed by atoms with Crippen LogP contribution in [-0.2, 0) is 6.54 Å². The van der Waals surface area contributed by atoms with Gasteiger partial charge in [-0.3, -0.25) is 0 Å². The van der Waals surface area contributed by atoms with Crippen molar-refractivity contribution < 1.29 is 17.0 Å². The highest BCUT2D eigenvalue weighted by atomic mass is 35.5. The highest BCUT2D eigenvalue weighted by Gasteiger charge is 2.09. The maximum Gasteiger partial charge on any atom is 0.185 e. The van der Waals surface area contributed by atoms with E-state index < -0.39 is 0 Å². The lowest BCUT2D eigenvalue weighted by molar-refractivity contribution is -0.694. The predicted molar refractivity (Wildman–Crippen MR) is 67.0 cm³/mol. The molecule has 2 heteroatoms. The summed E-state index contributed by atoms with van der Waals surface area (Å²) in [6, 6.07) is 14.6. The van der Waals surface area contributed by atoms with E-state index in [0.29, 0.717) is 0 Å². The average Bonchev–Trinajstić information content (AvgIpc) is 2.33. The summed E-state index contributed by atoms with van der Waals surface area (Å²) in [6.07, 6.45) is 4.01. The first kappa shape index (κ1) is 13.5. The largest absolute Gasteiger partial charge is 1.00 e. The Kier molecular flexibility index (Phi) is 4.92. The zero-order chi connectivity index (χ0) is 11.4. The third-order valence-corrected chi connectivity index (χ3v) is 2.81. The van der Waals surface area contributed by atoms with Crippen molar-refractivity contribution in [3.05, 3.63) is 72.1 Å². The number of hydrogen-bond donors (Lipinski definition) is 0. The van der Waals surface area contributed by atoms with E-state index in [1.807, 2.05) is 12.1 Å². The summed E-state index contributed by atoms with van der Waals surface area (Å²) in [7, 11) is 0. The lowest BCUT2D eigenvalue weighted by Crippen LogP contribution is -3.00. The van der Waals surface area contributed by atoms with Crippen molar-refractivity contribution in [3.8, 4) is 0 Å². The van der Waals surface area contributed by atoms with E-state index in [1.165, 1.54) is 16.8 Å². The van der Waals surface area contributed by atoms with Crippen molar-refractivity contribution in [2.75, 3.05) is 0 Å². The van der Waals surface area contributed by atoms with Gasteiger partial charge in [0.15, 0.2) is 18.4 Å². The Labute approximate surface area is 109 Å². The van der Waals surface area contributed by atoms with Gasteiger partial charge in [-0.15, -0.1) is 0 Å². The topological polar surface area (TPSA) is 3.88 Å². The molecule has 1 aromatic carbocycles. The van der Waals surface area contributed by atoms with Crippen LogP contribution in [0.4, 0.5) is 0 Å². The minimum atomic E-state index is 0. The third-order valence-electron chi connectivity index (χ3n) is 2.81. The van der Waals surface area contributed by atoms with E-state index >= 15 is 0 Å². The van der Waals surface area contributed by atoms with Crippen LogP contribution in [0, 0.1) is 6.92 Å². The fourth-order valence-corrected chi connectivity index (χ4v) is 1.82. The predicted octanol–water partition coefficient (Wildman–Crippen LogP) is -0.0222. The van der Waals surface area contributed by atoms with Crippen molar-refractivity contribution in [3.63, 3.8) is 0 Å². The van der Waals surface area contributed by atoms with Crippen molar-refractivity contribution in [1.82, 2.24) is 0 Å². The molecule has 2 aromatic rings. The van der Waals surface area contributed by atoms with Crippen molar-refractivity contribution in [2.24, 2.45) is 0 Å². The molecule has 0 N–H and O–H groups in total. The number of aromatic nitrogens is 1. The Morgan fingerprint density at radius 2 is 1.82 bits per heavy atom. The minimum Gasteiger partial charge on any atom is -1.00 e. The van der Waals surface area contributed by atoms with Gasteiger partial charge in [-0.1, -0.05) is 43.0 Å². The summed E-state index contributed by atoms with van der Waals surface area (Å²) in [5, 5.41) is 0. The van der Waals surface area contributed by atoms with Crippen LogP contribution in [0.2, 0.25) is 0 Å². The summed E-state index contributed by atoms with van der Waals surface area (Å²) in [6.45, 7) is 6.86. The third kappa shape index (κ3) is 3.18. The van der Waals surface area contributed by atoms with Crippen molar-refractivity contribution in [2.45, 2.75) is 13.5 Å². The summed E-state index contributed by atoms with van der Waals surface area (Å²) in [5.74, 6) is 0. The highest BCUT2D eigenvalue weighted by molar-refractivity contribution is 5.47. The summed E-state index contributed by atoms with van der Waals surface area (Å²) in [4.78, 5) is 0. The summed E-state index contributed by atoms with van der Waals surface area (Å²) in [5.41, 5.74) is 3.76. The molecule has 0 bridgehead atoms. The van der Waals surface area contributed by atoms with Gasteiger partial charge in [0.2, 0.25) is 0 Å². The molecule has 1 nitrogen and oxygen atoms in total. The number of halogens is 1. The highest BCUT2D eigenvalue weighted by Crippen LogP contribution is 2.05. The molecule has 0 radical (unpaired) electrons. The molecule has 0 aliphatic heterocycles. The Bertz CT molecular complexity index is 492. The van der Waals surface area contributed by atoms with Gasteiger partial charge in [0, 0.05) is 24.1 Å². The molecule has 0 unspecified atom stereocenters. The first-order valence-electron chi connectivity index (χ1n) is 5.46. The van der Waals surface area contributed by atoms with Gasteiger partial charge in [-0.2, -0.15) is 4.57 Å². The lowest BCUT2D eigenvalue weighted by Gasteiger charge is -2.03. The van der Waals surface area contributed by atoms with Crippen LogP contribution in [0.15, 0.2) is 55.2 Å². The molecular weight excluding hydrogens is 230 g/mol. The first-order valence-corrected chi connectivity index (χ1v) is 5.46.